The molecule has 0 atom stereocenters. The first-order chi connectivity index (χ1) is 12.8. The maximum Gasteiger partial charge on any atom is 0.266 e. The van der Waals surface area contributed by atoms with Crippen molar-refractivity contribution in [2.45, 2.75) is 24.3 Å². The minimum atomic E-state index is -3.53. The lowest BCUT2D eigenvalue weighted by atomic mass is 10.1. The van der Waals surface area contributed by atoms with E-state index in [-0.39, 0.29) is 23.9 Å². The second-order valence-corrected chi connectivity index (χ2v) is 8.87. The molecule has 0 saturated carbocycles. The first-order valence-corrected chi connectivity index (χ1v) is 10.3. The predicted octanol–water partition coefficient (Wildman–Crippen LogP) is 2.38. The van der Waals surface area contributed by atoms with Crippen molar-refractivity contribution in [3.63, 3.8) is 0 Å². The molecule has 1 saturated heterocycles. The van der Waals surface area contributed by atoms with E-state index >= 15 is 0 Å². The Hall–Kier alpha value is -2.38. The summed E-state index contributed by atoms with van der Waals surface area (Å²) in [7, 11) is -3.53. The summed E-state index contributed by atoms with van der Waals surface area (Å²) in [5.74, 6) is 0.476. The summed E-state index contributed by atoms with van der Waals surface area (Å²) in [6.07, 6.45) is 0. The molecule has 1 aliphatic rings. The maximum atomic E-state index is 12.9. The van der Waals surface area contributed by atoms with Gasteiger partial charge in [0, 0.05) is 26.2 Å². The Morgan fingerprint density at radius 3 is 1.96 bits per heavy atom. The standard InChI is InChI=1S/C20H24N2O4S/c1-20(2,26-17-9-5-3-6-10-17)19(23)21-13-15-22(16-14-21)27(24,25)18-11-7-4-8-12-18/h3-12H,13-16H2,1-2H3. The Balaban J connectivity index is 1.64. The van der Waals surface area contributed by atoms with Crippen LogP contribution in [0.15, 0.2) is 65.6 Å². The molecule has 1 fully saturated rings. The summed E-state index contributed by atoms with van der Waals surface area (Å²) in [4.78, 5) is 14.8. The van der Waals surface area contributed by atoms with Crippen molar-refractivity contribution in [3.8, 4) is 5.75 Å². The van der Waals surface area contributed by atoms with E-state index in [0.29, 0.717) is 18.8 Å². The normalized spacial score (nSPS) is 16.1. The molecule has 0 aromatic heterocycles. The van der Waals surface area contributed by atoms with Crippen LogP contribution in [0.1, 0.15) is 13.8 Å². The van der Waals surface area contributed by atoms with Crippen LogP contribution in [0, 0.1) is 0 Å². The van der Waals surface area contributed by atoms with Crippen LogP contribution in [-0.2, 0) is 14.8 Å². The molecule has 3 rings (SSSR count). The number of para-hydroxylation sites is 1. The first-order valence-electron chi connectivity index (χ1n) is 8.89. The van der Waals surface area contributed by atoms with Gasteiger partial charge in [-0.1, -0.05) is 36.4 Å². The summed E-state index contributed by atoms with van der Waals surface area (Å²) in [6.45, 7) is 4.68. The molecule has 0 radical (unpaired) electrons. The second kappa shape index (κ2) is 7.70. The number of hydrogen-bond acceptors (Lipinski definition) is 4. The number of carbonyl (C=O) groups excluding carboxylic acids is 1. The van der Waals surface area contributed by atoms with Crippen molar-refractivity contribution in [2.75, 3.05) is 26.2 Å². The van der Waals surface area contributed by atoms with Crippen LogP contribution in [0.5, 0.6) is 5.75 Å². The topological polar surface area (TPSA) is 66.9 Å². The molecule has 0 aliphatic carbocycles. The van der Waals surface area contributed by atoms with Gasteiger partial charge < -0.3 is 9.64 Å². The molecule has 1 aliphatic heterocycles. The summed E-state index contributed by atoms with van der Waals surface area (Å²) < 4.78 is 32.7. The number of benzene rings is 2. The smallest absolute Gasteiger partial charge is 0.266 e. The molecule has 6 nitrogen and oxygen atoms in total. The third kappa shape index (κ3) is 4.31. The Morgan fingerprint density at radius 2 is 1.41 bits per heavy atom. The lowest BCUT2D eigenvalue weighted by molar-refractivity contribution is -0.146. The van der Waals surface area contributed by atoms with Gasteiger partial charge in [0.25, 0.3) is 5.91 Å². The van der Waals surface area contributed by atoms with Crippen LogP contribution in [0.2, 0.25) is 0 Å². The fourth-order valence-corrected chi connectivity index (χ4v) is 4.52. The van der Waals surface area contributed by atoms with E-state index in [2.05, 4.69) is 0 Å². The molecule has 144 valence electrons. The average molecular weight is 388 g/mol. The van der Waals surface area contributed by atoms with Crippen molar-refractivity contribution in [2.24, 2.45) is 0 Å². The van der Waals surface area contributed by atoms with Crippen LogP contribution >= 0.6 is 0 Å². The average Bonchev–Trinajstić information content (AvgIpc) is 2.68. The third-order valence-corrected chi connectivity index (χ3v) is 6.45. The third-order valence-electron chi connectivity index (χ3n) is 4.54. The summed E-state index contributed by atoms with van der Waals surface area (Å²) in [6, 6.07) is 17.6. The van der Waals surface area contributed by atoms with Crippen LogP contribution in [0.4, 0.5) is 0 Å². The molecule has 1 heterocycles. The molecule has 2 aromatic carbocycles. The molecule has 27 heavy (non-hydrogen) atoms. The van der Waals surface area contributed by atoms with Gasteiger partial charge in [-0.3, -0.25) is 4.79 Å². The van der Waals surface area contributed by atoms with Gasteiger partial charge in [-0.15, -0.1) is 0 Å². The molecule has 0 spiro atoms. The van der Waals surface area contributed by atoms with E-state index in [4.69, 9.17) is 4.74 Å². The zero-order valence-corrected chi connectivity index (χ0v) is 16.4. The number of ether oxygens (including phenoxy) is 1. The summed E-state index contributed by atoms with van der Waals surface area (Å²) in [5, 5.41) is 0. The van der Waals surface area contributed by atoms with Gasteiger partial charge in [-0.05, 0) is 38.1 Å². The van der Waals surface area contributed by atoms with E-state index in [1.165, 1.54) is 4.31 Å². The number of nitrogens with zero attached hydrogens (tertiary/aromatic N) is 2. The maximum absolute atomic E-state index is 12.9. The molecule has 0 bridgehead atoms. The van der Waals surface area contributed by atoms with Crippen molar-refractivity contribution in [1.82, 2.24) is 9.21 Å². The Morgan fingerprint density at radius 1 is 0.889 bits per heavy atom. The highest BCUT2D eigenvalue weighted by Crippen LogP contribution is 2.22. The van der Waals surface area contributed by atoms with Crippen LogP contribution in [0.3, 0.4) is 0 Å². The van der Waals surface area contributed by atoms with Crippen LogP contribution in [-0.4, -0.2) is 55.3 Å². The number of carbonyl (C=O) groups is 1. The van der Waals surface area contributed by atoms with Gasteiger partial charge in [0.05, 0.1) is 4.90 Å². The molecule has 2 aromatic rings. The Labute approximate surface area is 160 Å². The van der Waals surface area contributed by atoms with Crippen molar-refractivity contribution in [3.05, 3.63) is 60.7 Å². The second-order valence-electron chi connectivity index (χ2n) is 6.93. The predicted molar refractivity (Wildman–Crippen MR) is 103 cm³/mol. The van der Waals surface area contributed by atoms with Crippen LogP contribution < -0.4 is 4.74 Å². The monoisotopic (exact) mass is 388 g/mol. The molecule has 0 N–H and O–H groups in total. The quantitative estimate of drug-likeness (QED) is 0.789. The molecular weight excluding hydrogens is 364 g/mol. The highest BCUT2D eigenvalue weighted by Gasteiger charge is 2.37. The van der Waals surface area contributed by atoms with Gasteiger partial charge in [0.1, 0.15) is 5.75 Å². The van der Waals surface area contributed by atoms with Crippen molar-refractivity contribution in [1.29, 1.82) is 0 Å². The van der Waals surface area contributed by atoms with Gasteiger partial charge in [-0.2, -0.15) is 4.31 Å². The Bertz CT molecular complexity index is 875. The van der Waals surface area contributed by atoms with Crippen molar-refractivity contribution >= 4 is 15.9 Å². The number of rotatable bonds is 5. The van der Waals surface area contributed by atoms with Gasteiger partial charge in [0.15, 0.2) is 5.60 Å². The van der Waals surface area contributed by atoms with E-state index < -0.39 is 15.6 Å². The molecular formula is C20H24N2O4S. The zero-order chi connectivity index (χ0) is 19.5. The van der Waals surface area contributed by atoms with Gasteiger partial charge >= 0.3 is 0 Å². The lowest BCUT2D eigenvalue weighted by Gasteiger charge is -2.38. The number of piperazine rings is 1. The van der Waals surface area contributed by atoms with E-state index in [1.54, 1.807) is 61.2 Å². The molecule has 7 heteroatoms. The highest BCUT2D eigenvalue weighted by molar-refractivity contribution is 7.89. The number of hydrogen-bond donors (Lipinski definition) is 0. The van der Waals surface area contributed by atoms with Gasteiger partial charge in [-0.25, -0.2) is 8.42 Å². The van der Waals surface area contributed by atoms with E-state index in [9.17, 15) is 13.2 Å². The first kappa shape index (κ1) is 19.4. The largest absolute Gasteiger partial charge is 0.478 e. The number of amides is 1. The summed E-state index contributed by atoms with van der Waals surface area (Å²) in [5.41, 5.74) is -1.03. The number of sulfonamides is 1. The minimum Gasteiger partial charge on any atom is -0.478 e. The Kier molecular flexibility index (Phi) is 5.53. The van der Waals surface area contributed by atoms with Crippen LogP contribution in [0.25, 0.3) is 0 Å². The molecule has 1 amide bonds. The SMILES string of the molecule is CC(C)(Oc1ccccc1)C(=O)N1CCN(S(=O)(=O)c2ccccc2)CC1. The lowest BCUT2D eigenvalue weighted by Crippen LogP contribution is -2.56. The highest BCUT2D eigenvalue weighted by atomic mass is 32.2. The minimum absolute atomic E-state index is 0.150. The van der Waals surface area contributed by atoms with E-state index in [0.717, 1.165) is 0 Å². The van der Waals surface area contributed by atoms with Crippen molar-refractivity contribution < 1.29 is 17.9 Å². The zero-order valence-electron chi connectivity index (χ0n) is 15.5. The fourth-order valence-electron chi connectivity index (χ4n) is 3.08. The van der Waals surface area contributed by atoms with E-state index in [1.807, 2.05) is 18.2 Å². The van der Waals surface area contributed by atoms with Gasteiger partial charge in [0.2, 0.25) is 10.0 Å². The summed E-state index contributed by atoms with van der Waals surface area (Å²) >= 11 is 0. The fraction of sp³-hybridized carbons (Fsp3) is 0.350. The molecule has 0 unspecified atom stereocenters.